The summed E-state index contributed by atoms with van der Waals surface area (Å²) in [5, 5.41) is 10.1. The zero-order chi connectivity index (χ0) is 17.1. The lowest BCUT2D eigenvalue weighted by atomic mass is 10.1. The van der Waals surface area contributed by atoms with Crippen molar-refractivity contribution in [3.8, 4) is 5.88 Å². The Morgan fingerprint density at radius 2 is 1.78 bits per heavy atom. The average Bonchev–Trinajstić information content (AvgIpc) is 2.55. The smallest absolute Gasteiger partial charge is 0.333 e. The van der Waals surface area contributed by atoms with Crippen molar-refractivity contribution in [3.05, 3.63) is 62.0 Å². The molecule has 1 aromatic heterocycles. The SMILES string of the molecule is CCC(=NCc1ccc(F)cc1)c1c(O)n(C)c(=O)n(C)c1=O. The summed E-state index contributed by atoms with van der Waals surface area (Å²) in [6.45, 7) is 2.04. The molecule has 1 heterocycles. The molecule has 0 bridgehead atoms. The fraction of sp³-hybridized carbons (Fsp3) is 0.312. The van der Waals surface area contributed by atoms with Crippen LogP contribution < -0.4 is 11.2 Å². The third-order valence-corrected chi connectivity index (χ3v) is 3.62. The molecule has 2 rings (SSSR count). The first-order chi connectivity index (χ1) is 10.9. The van der Waals surface area contributed by atoms with E-state index < -0.39 is 17.1 Å². The number of hydrogen-bond donors (Lipinski definition) is 1. The van der Waals surface area contributed by atoms with Crippen molar-refractivity contribution in [3.63, 3.8) is 0 Å². The van der Waals surface area contributed by atoms with E-state index >= 15 is 0 Å². The molecule has 0 saturated heterocycles. The molecule has 1 aromatic carbocycles. The molecule has 23 heavy (non-hydrogen) atoms. The van der Waals surface area contributed by atoms with E-state index in [9.17, 15) is 19.1 Å². The number of aliphatic imine (C=N–C) groups is 1. The number of nitrogens with zero attached hydrogens (tertiary/aromatic N) is 3. The van der Waals surface area contributed by atoms with E-state index in [2.05, 4.69) is 4.99 Å². The van der Waals surface area contributed by atoms with E-state index in [4.69, 9.17) is 0 Å². The van der Waals surface area contributed by atoms with Crippen LogP contribution in [0.2, 0.25) is 0 Å². The predicted molar refractivity (Wildman–Crippen MR) is 85.5 cm³/mol. The van der Waals surface area contributed by atoms with Crippen molar-refractivity contribution in [2.45, 2.75) is 19.9 Å². The minimum absolute atomic E-state index is 0.0132. The number of benzene rings is 1. The topological polar surface area (TPSA) is 76.6 Å². The van der Waals surface area contributed by atoms with Gasteiger partial charge in [0, 0.05) is 14.1 Å². The van der Waals surface area contributed by atoms with Crippen LogP contribution in [-0.2, 0) is 20.6 Å². The number of rotatable bonds is 4. The van der Waals surface area contributed by atoms with Gasteiger partial charge in [-0.25, -0.2) is 9.18 Å². The van der Waals surface area contributed by atoms with Gasteiger partial charge in [0.05, 0.1) is 12.3 Å². The molecule has 1 N–H and O–H groups in total. The number of aromatic hydroxyl groups is 1. The summed E-state index contributed by atoms with van der Waals surface area (Å²) < 4.78 is 14.8. The summed E-state index contributed by atoms with van der Waals surface area (Å²) >= 11 is 0. The highest BCUT2D eigenvalue weighted by atomic mass is 19.1. The van der Waals surface area contributed by atoms with Gasteiger partial charge in [0.2, 0.25) is 5.88 Å². The third-order valence-electron chi connectivity index (χ3n) is 3.62. The fourth-order valence-corrected chi connectivity index (χ4v) is 2.23. The van der Waals surface area contributed by atoms with Crippen LogP contribution in [0.1, 0.15) is 24.5 Å². The van der Waals surface area contributed by atoms with Crippen LogP contribution in [0.4, 0.5) is 4.39 Å². The van der Waals surface area contributed by atoms with Crippen LogP contribution in [0.15, 0.2) is 38.8 Å². The van der Waals surface area contributed by atoms with Crippen molar-refractivity contribution in [1.29, 1.82) is 0 Å². The van der Waals surface area contributed by atoms with Crippen LogP contribution in [0, 0.1) is 5.82 Å². The minimum atomic E-state index is -0.606. The molecule has 7 heteroatoms. The summed E-state index contributed by atoms with van der Waals surface area (Å²) in [5.41, 5.74) is -0.0173. The molecule has 0 unspecified atom stereocenters. The third kappa shape index (κ3) is 3.23. The molecule has 0 amide bonds. The molecule has 0 saturated carbocycles. The predicted octanol–water partition coefficient (Wildman–Crippen LogP) is 1.33. The second-order valence-electron chi connectivity index (χ2n) is 5.15. The van der Waals surface area contributed by atoms with Gasteiger partial charge >= 0.3 is 5.69 Å². The highest BCUT2D eigenvalue weighted by molar-refractivity contribution is 6.01. The Labute approximate surface area is 132 Å². The highest BCUT2D eigenvalue weighted by Gasteiger charge is 2.18. The van der Waals surface area contributed by atoms with Gasteiger partial charge in [-0.1, -0.05) is 19.1 Å². The lowest BCUT2D eigenvalue weighted by molar-refractivity contribution is 0.410. The van der Waals surface area contributed by atoms with Crippen molar-refractivity contribution in [1.82, 2.24) is 9.13 Å². The van der Waals surface area contributed by atoms with Gasteiger partial charge in [0.25, 0.3) is 5.56 Å². The van der Waals surface area contributed by atoms with Crippen LogP contribution >= 0.6 is 0 Å². The van der Waals surface area contributed by atoms with Gasteiger partial charge in [0.1, 0.15) is 11.4 Å². The van der Waals surface area contributed by atoms with Crippen LogP contribution in [0.25, 0.3) is 0 Å². The van der Waals surface area contributed by atoms with E-state index in [0.717, 1.165) is 14.7 Å². The minimum Gasteiger partial charge on any atom is -0.494 e. The molecule has 6 nitrogen and oxygen atoms in total. The van der Waals surface area contributed by atoms with Gasteiger partial charge in [-0.2, -0.15) is 0 Å². The van der Waals surface area contributed by atoms with E-state index in [-0.39, 0.29) is 17.9 Å². The Balaban J connectivity index is 2.50. The first-order valence-corrected chi connectivity index (χ1v) is 7.14. The number of halogens is 1. The lowest BCUT2D eigenvalue weighted by Crippen LogP contribution is -2.40. The normalized spacial score (nSPS) is 11.7. The quantitative estimate of drug-likeness (QED) is 0.864. The van der Waals surface area contributed by atoms with Gasteiger partial charge in [-0.05, 0) is 24.1 Å². The summed E-state index contributed by atoms with van der Waals surface area (Å²) in [5.74, 6) is -0.740. The van der Waals surface area contributed by atoms with Crippen LogP contribution in [0.3, 0.4) is 0 Å². The summed E-state index contributed by atoms with van der Waals surface area (Å²) in [4.78, 5) is 28.4. The number of aromatic nitrogens is 2. The van der Waals surface area contributed by atoms with Crippen molar-refractivity contribution >= 4 is 5.71 Å². The molecule has 0 radical (unpaired) electrons. The second-order valence-corrected chi connectivity index (χ2v) is 5.15. The lowest BCUT2D eigenvalue weighted by Gasteiger charge is -2.11. The monoisotopic (exact) mass is 319 g/mol. The Hall–Kier alpha value is -2.70. The Bertz CT molecular complexity index is 864. The highest BCUT2D eigenvalue weighted by Crippen LogP contribution is 2.13. The number of hydrogen-bond acceptors (Lipinski definition) is 4. The Kier molecular flexibility index (Phi) is 4.78. The molecule has 0 aliphatic carbocycles. The molecule has 0 aliphatic heterocycles. The van der Waals surface area contributed by atoms with Crippen molar-refractivity contribution in [2.24, 2.45) is 19.1 Å². The maximum Gasteiger partial charge on any atom is 0.333 e. The maximum absolute atomic E-state index is 12.9. The van der Waals surface area contributed by atoms with Gasteiger partial charge in [-0.3, -0.25) is 18.9 Å². The zero-order valence-electron chi connectivity index (χ0n) is 13.2. The molecule has 0 atom stereocenters. The first kappa shape index (κ1) is 16.7. The molecular formula is C16H18FN3O3. The van der Waals surface area contributed by atoms with Gasteiger partial charge in [-0.15, -0.1) is 0 Å². The van der Waals surface area contributed by atoms with Crippen LogP contribution in [-0.4, -0.2) is 20.0 Å². The summed E-state index contributed by atoms with van der Waals surface area (Å²) in [7, 11) is 2.73. The van der Waals surface area contributed by atoms with Gasteiger partial charge in [0.15, 0.2) is 0 Å². The molecule has 2 aromatic rings. The van der Waals surface area contributed by atoms with Crippen molar-refractivity contribution in [2.75, 3.05) is 0 Å². The van der Waals surface area contributed by atoms with E-state index in [1.165, 1.54) is 26.2 Å². The van der Waals surface area contributed by atoms with E-state index in [1.807, 2.05) is 0 Å². The molecule has 0 fully saturated rings. The average molecular weight is 319 g/mol. The summed E-state index contributed by atoms with van der Waals surface area (Å²) in [6.07, 6.45) is 0.405. The molecule has 0 spiro atoms. The molecular weight excluding hydrogens is 301 g/mol. The Morgan fingerprint density at radius 3 is 2.35 bits per heavy atom. The largest absolute Gasteiger partial charge is 0.494 e. The standard InChI is InChI=1S/C16H18FN3O3/c1-4-12(18-9-10-5-7-11(17)8-6-10)13-14(21)19(2)16(23)20(3)15(13)22/h5-8,21H,4,9H2,1-3H3. The zero-order valence-corrected chi connectivity index (χ0v) is 13.2. The summed E-state index contributed by atoms with van der Waals surface area (Å²) in [6, 6.07) is 5.87. The second kappa shape index (κ2) is 6.60. The maximum atomic E-state index is 12.9. The van der Waals surface area contributed by atoms with Crippen molar-refractivity contribution < 1.29 is 9.50 Å². The molecule has 122 valence electrons. The van der Waals surface area contributed by atoms with E-state index in [1.54, 1.807) is 19.1 Å². The fourth-order valence-electron chi connectivity index (χ4n) is 2.23. The first-order valence-electron chi connectivity index (χ1n) is 7.14. The van der Waals surface area contributed by atoms with Gasteiger partial charge < -0.3 is 5.11 Å². The van der Waals surface area contributed by atoms with E-state index in [0.29, 0.717) is 12.1 Å². The van der Waals surface area contributed by atoms with Crippen LogP contribution in [0.5, 0.6) is 5.88 Å². The Morgan fingerprint density at radius 1 is 1.17 bits per heavy atom. The molecule has 0 aliphatic rings.